The van der Waals surface area contributed by atoms with Gasteiger partial charge in [-0.3, -0.25) is 4.79 Å². The average Bonchev–Trinajstić information content (AvgIpc) is 2.27. The molecule has 94 valence electrons. The number of carbonyl (C=O) groups excluding carboxylic acids is 1. The third-order valence-electron chi connectivity index (χ3n) is 2.26. The Morgan fingerprint density at radius 1 is 1.53 bits per heavy atom. The highest BCUT2D eigenvalue weighted by Crippen LogP contribution is 2.04. The molecular weight excluding hydrogens is 225 g/mol. The van der Waals surface area contributed by atoms with Gasteiger partial charge in [0, 0.05) is 6.54 Å². The number of rotatable bonds is 5. The van der Waals surface area contributed by atoms with Crippen molar-refractivity contribution in [2.75, 3.05) is 13.2 Å². The second-order valence-corrected chi connectivity index (χ2v) is 4.24. The van der Waals surface area contributed by atoms with Gasteiger partial charge in [-0.25, -0.2) is 4.39 Å². The van der Waals surface area contributed by atoms with Crippen LogP contribution >= 0.6 is 0 Å². The second kappa shape index (κ2) is 5.75. The lowest BCUT2D eigenvalue weighted by atomic mass is 10.1. The van der Waals surface area contributed by atoms with E-state index in [1.807, 2.05) is 0 Å². The Hall–Kier alpha value is -1.46. The van der Waals surface area contributed by atoms with Crippen LogP contribution in [0.15, 0.2) is 24.3 Å². The van der Waals surface area contributed by atoms with Crippen LogP contribution in [0.5, 0.6) is 0 Å². The molecule has 0 heterocycles. The highest BCUT2D eigenvalue weighted by Gasteiger charge is 2.19. The maximum absolute atomic E-state index is 12.8. The SMILES string of the molecule is CC(O)(CO)CNC(=O)Cc1cccc(F)c1. The van der Waals surface area contributed by atoms with E-state index in [1.54, 1.807) is 6.07 Å². The van der Waals surface area contributed by atoms with E-state index in [4.69, 9.17) is 5.11 Å². The highest BCUT2D eigenvalue weighted by molar-refractivity contribution is 5.78. The first-order chi connectivity index (χ1) is 7.93. The number of aliphatic hydroxyl groups is 2. The number of hydrogen-bond acceptors (Lipinski definition) is 3. The maximum Gasteiger partial charge on any atom is 0.224 e. The molecule has 0 spiro atoms. The summed E-state index contributed by atoms with van der Waals surface area (Å²) in [5.41, 5.74) is -0.774. The van der Waals surface area contributed by atoms with Crippen LogP contribution in [0.25, 0.3) is 0 Å². The standard InChI is InChI=1S/C12H16FNO3/c1-12(17,8-15)7-14-11(16)6-9-3-2-4-10(13)5-9/h2-5,15,17H,6-8H2,1H3,(H,14,16). The summed E-state index contributed by atoms with van der Waals surface area (Å²) in [6.07, 6.45) is 0.0409. The number of nitrogens with one attached hydrogen (secondary N) is 1. The van der Waals surface area contributed by atoms with Crippen molar-refractivity contribution in [1.82, 2.24) is 5.32 Å². The minimum atomic E-state index is -1.34. The molecule has 0 aliphatic heterocycles. The predicted octanol–water partition coefficient (Wildman–Crippen LogP) is 0.228. The van der Waals surface area contributed by atoms with Crippen LogP contribution in [-0.4, -0.2) is 34.9 Å². The summed E-state index contributed by atoms with van der Waals surface area (Å²) in [5, 5.41) is 20.7. The van der Waals surface area contributed by atoms with Gasteiger partial charge in [0.05, 0.1) is 13.0 Å². The molecule has 4 nitrogen and oxygen atoms in total. The van der Waals surface area contributed by atoms with Crippen LogP contribution < -0.4 is 5.32 Å². The largest absolute Gasteiger partial charge is 0.393 e. The molecule has 0 aliphatic carbocycles. The van der Waals surface area contributed by atoms with E-state index in [9.17, 15) is 14.3 Å². The molecule has 0 saturated heterocycles. The summed E-state index contributed by atoms with van der Waals surface area (Å²) < 4.78 is 12.8. The van der Waals surface area contributed by atoms with E-state index in [2.05, 4.69) is 5.32 Å². The molecule has 0 fully saturated rings. The second-order valence-electron chi connectivity index (χ2n) is 4.24. The number of halogens is 1. The molecule has 0 aliphatic rings. The molecule has 3 N–H and O–H groups in total. The molecule has 0 saturated carbocycles. The summed E-state index contributed by atoms with van der Waals surface area (Å²) >= 11 is 0. The normalized spacial score (nSPS) is 14.1. The number of carbonyl (C=O) groups is 1. The van der Waals surface area contributed by atoms with Gasteiger partial charge in [-0.2, -0.15) is 0 Å². The van der Waals surface area contributed by atoms with Gasteiger partial charge >= 0.3 is 0 Å². The quantitative estimate of drug-likeness (QED) is 0.691. The van der Waals surface area contributed by atoms with Crippen LogP contribution in [0.1, 0.15) is 12.5 Å². The molecule has 1 aromatic rings. The monoisotopic (exact) mass is 241 g/mol. The van der Waals surface area contributed by atoms with Crippen LogP contribution in [0, 0.1) is 5.82 Å². The third-order valence-corrected chi connectivity index (χ3v) is 2.26. The first kappa shape index (κ1) is 13.6. The van der Waals surface area contributed by atoms with E-state index in [0.717, 1.165) is 0 Å². The molecule has 1 rings (SSSR count). The highest BCUT2D eigenvalue weighted by atomic mass is 19.1. The number of benzene rings is 1. The zero-order valence-electron chi connectivity index (χ0n) is 9.61. The minimum absolute atomic E-state index is 0.0409. The molecule has 0 radical (unpaired) electrons. The first-order valence-corrected chi connectivity index (χ1v) is 5.27. The maximum atomic E-state index is 12.8. The van der Waals surface area contributed by atoms with E-state index in [1.165, 1.54) is 25.1 Å². The van der Waals surface area contributed by atoms with Crippen LogP contribution in [0.4, 0.5) is 4.39 Å². The Morgan fingerprint density at radius 2 is 2.24 bits per heavy atom. The fraction of sp³-hybridized carbons (Fsp3) is 0.417. The van der Waals surface area contributed by atoms with E-state index < -0.39 is 18.0 Å². The molecule has 1 amide bonds. The van der Waals surface area contributed by atoms with Crippen molar-refractivity contribution in [3.63, 3.8) is 0 Å². The van der Waals surface area contributed by atoms with Crippen LogP contribution in [-0.2, 0) is 11.2 Å². The molecule has 1 aromatic carbocycles. The van der Waals surface area contributed by atoms with Gasteiger partial charge in [-0.05, 0) is 24.6 Å². The van der Waals surface area contributed by atoms with Crippen molar-refractivity contribution >= 4 is 5.91 Å². The van der Waals surface area contributed by atoms with E-state index >= 15 is 0 Å². The Kier molecular flexibility index (Phi) is 4.60. The number of aliphatic hydroxyl groups excluding tert-OH is 1. The van der Waals surface area contributed by atoms with Crippen molar-refractivity contribution in [3.8, 4) is 0 Å². The predicted molar refractivity (Wildman–Crippen MR) is 60.8 cm³/mol. The van der Waals surface area contributed by atoms with Gasteiger partial charge in [0.25, 0.3) is 0 Å². The van der Waals surface area contributed by atoms with Gasteiger partial charge in [0.15, 0.2) is 0 Å². The summed E-state index contributed by atoms with van der Waals surface area (Å²) in [4.78, 5) is 11.5. The first-order valence-electron chi connectivity index (χ1n) is 5.27. The fourth-order valence-corrected chi connectivity index (χ4v) is 1.24. The molecule has 0 bridgehead atoms. The van der Waals surface area contributed by atoms with Gasteiger partial charge in [-0.1, -0.05) is 12.1 Å². The Balaban J connectivity index is 2.45. The van der Waals surface area contributed by atoms with E-state index in [-0.39, 0.29) is 18.9 Å². The Bertz CT molecular complexity index is 393. The lowest BCUT2D eigenvalue weighted by molar-refractivity contribution is -0.121. The van der Waals surface area contributed by atoms with Crippen molar-refractivity contribution in [2.45, 2.75) is 18.9 Å². The third kappa shape index (κ3) is 4.93. The minimum Gasteiger partial charge on any atom is -0.393 e. The van der Waals surface area contributed by atoms with Crippen LogP contribution in [0.3, 0.4) is 0 Å². The molecule has 0 aromatic heterocycles. The fourth-order valence-electron chi connectivity index (χ4n) is 1.24. The zero-order chi connectivity index (χ0) is 12.9. The lowest BCUT2D eigenvalue weighted by Gasteiger charge is -2.20. The molecular formula is C12H16FNO3. The number of hydrogen-bond donors (Lipinski definition) is 3. The van der Waals surface area contributed by atoms with Crippen molar-refractivity contribution in [2.24, 2.45) is 0 Å². The van der Waals surface area contributed by atoms with Crippen LogP contribution in [0.2, 0.25) is 0 Å². The van der Waals surface area contributed by atoms with E-state index in [0.29, 0.717) is 5.56 Å². The smallest absolute Gasteiger partial charge is 0.224 e. The van der Waals surface area contributed by atoms with Gasteiger partial charge in [0.1, 0.15) is 11.4 Å². The molecule has 1 atom stereocenters. The van der Waals surface area contributed by atoms with Gasteiger partial charge in [-0.15, -0.1) is 0 Å². The van der Waals surface area contributed by atoms with Gasteiger partial charge < -0.3 is 15.5 Å². The number of amides is 1. The Morgan fingerprint density at radius 3 is 2.82 bits per heavy atom. The van der Waals surface area contributed by atoms with Crippen molar-refractivity contribution < 1.29 is 19.4 Å². The lowest BCUT2D eigenvalue weighted by Crippen LogP contribution is -2.43. The summed E-state index contributed by atoms with van der Waals surface area (Å²) in [7, 11) is 0. The van der Waals surface area contributed by atoms with Gasteiger partial charge in [0.2, 0.25) is 5.91 Å². The van der Waals surface area contributed by atoms with Crippen molar-refractivity contribution in [1.29, 1.82) is 0 Å². The van der Waals surface area contributed by atoms with Crippen molar-refractivity contribution in [3.05, 3.63) is 35.6 Å². The topological polar surface area (TPSA) is 69.6 Å². The molecule has 5 heteroatoms. The zero-order valence-corrected chi connectivity index (χ0v) is 9.61. The summed E-state index contributed by atoms with van der Waals surface area (Å²) in [6.45, 7) is 0.931. The Labute approximate surface area is 99.1 Å². The summed E-state index contributed by atoms with van der Waals surface area (Å²) in [5.74, 6) is -0.720. The summed E-state index contributed by atoms with van der Waals surface area (Å²) in [6, 6.07) is 5.76. The molecule has 1 unspecified atom stereocenters. The molecule has 17 heavy (non-hydrogen) atoms. The average molecular weight is 241 g/mol.